The molecule has 0 saturated carbocycles. The first kappa shape index (κ1) is 81.9. The van der Waals surface area contributed by atoms with Gasteiger partial charge in [-0.15, -0.1) is 11.3 Å². The van der Waals surface area contributed by atoms with Crippen LogP contribution in [0.3, 0.4) is 0 Å². The number of benzene rings is 24. The van der Waals surface area contributed by atoms with E-state index in [-0.39, 0.29) is 5.41 Å². The quantitative estimate of drug-likeness (QED) is 0.153. The van der Waals surface area contributed by atoms with Gasteiger partial charge in [-0.05, 0) is 231 Å². The molecule has 8 heterocycles. The average molecular weight is 1880 g/mol. The van der Waals surface area contributed by atoms with Crippen LogP contribution in [0.15, 0.2) is 459 Å². The van der Waals surface area contributed by atoms with Gasteiger partial charge in [-0.2, -0.15) is 4.98 Å². The van der Waals surface area contributed by atoms with Gasteiger partial charge in [-0.25, -0.2) is 24.9 Å². The summed E-state index contributed by atoms with van der Waals surface area (Å²) in [5.41, 5.74) is 15.5. The number of hydrogen-bond donors (Lipinski definition) is 0. The van der Waals surface area contributed by atoms with E-state index in [4.69, 9.17) is 34.3 Å². The molecule has 24 aromatic carbocycles. The second kappa shape index (κ2) is 31.5. The molecule has 0 atom stereocenters. The fraction of sp³-hybridized carbons (Fsp3) is 0.0222. The number of rotatable bonds is 6. The molecular formula is C135H81N9OS. The van der Waals surface area contributed by atoms with Crippen LogP contribution >= 0.6 is 11.3 Å². The lowest BCUT2D eigenvalue weighted by Crippen LogP contribution is -2.18. The lowest BCUT2D eigenvalue weighted by atomic mass is 9.85. The zero-order valence-corrected chi connectivity index (χ0v) is 80.0. The van der Waals surface area contributed by atoms with E-state index in [0.29, 0.717) is 11.5 Å². The van der Waals surface area contributed by atoms with E-state index in [1.54, 1.807) is 11.3 Å². The smallest absolute Gasteiger partial charge is 0.233 e. The van der Waals surface area contributed by atoms with E-state index in [1.807, 2.05) is 12.1 Å². The van der Waals surface area contributed by atoms with Crippen LogP contribution < -0.4 is 0 Å². The molecule has 11 heteroatoms. The average Bonchev–Trinajstić information content (AvgIpc) is 1.55. The van der Waals surface area contributed by atoms with E-state index >= 15 is 0 Å². The highest BCUT2D eigenvalue weighted by Crippen LogP contribution is 2.54. The zero-order chi connectivity index (χ0) is 95.8. The summed E-state index contributed by atoms with van der Waals surface area (Å²) in [6, 6.07) is 164. The van der Waals surface area contributed by atoms with Crippen molar-refractivity contribution in [2.24, 2.45) is 0 Å². The predicted molar refractivity (Wildman–Crippen MR) is 613 cm³/mol. The number of fused-ring (bicyclic) bond motifs is 35. The van der Waals surface area contributed by atoms with Gasteiger partial charge in [0.15, 0.2) is 29.1 Å². The molecule has 146 heavy (non-hydrogen) atoms. The molecule has 10 nitrogen and oxygen atoms in total. The normalized spacial score (nSPS) is 12.6. The molecule has 0 bridgehead atoms. The van der Waals surface area contributed by atoms with Crippen LogP contribution in [0.25, 0.3) is 300 Å². The van der Waals surface area contributed by atoms with Crippen molar-refractivity contribution >= 4 is 248 Å². The third-order valence-electron chi connectivity index (χ3n) is 31.0. The molecule has 0 N–H and O–H groups in total. The van der Waals surface area contributed by atoms with E-state index in [9.17, 15) is 0 Å². The summed E-state index contributed by atoms with van der Waals surface area (Å²) < 4.78 is 14.9. The van der Waals surface area contributed by atoms with Crippen LogP contribution in [0.4, 0.5) is 0 Å². The van der Waals surface area contributed by atoms with Crippen LogP contribution in [0.5, 0.6) is 0 Å². The van der Waals surface area contributed by atoms with Crippen molar-refractivity contribution in [1.82, 2.24) is 43.6 Å². The summed E-state index contributed by atoms with van der Waals surface area (Å²) in [5, 5.41) is 40.6. The Kier molecular flexibility index (Phi) is 17.7. The van der Waals surface area contributed by atoms with Crippen LogP contribution in [-0.2, 0) is 5.41 Å². The highest BCUT2D eigenvalue weighted by molar-refractivity contribution is 7.25. The van der Waals surface area contributed by atoms with Crippen molar-refractivity contribution in [1.29, 1.82) is 0 Å². The third kappa shape index (κ3) is 12.4. The second-order valence-electron chi connectivity index (χ2n) is 39.4. The van der Waals surface area contributed by atoms with Crippen LogP contribution in [0.2, 0.25) is 0 Å². The third-order valence-corrected chi connectivity index (χ3v) is 32.1. The topological polar surface area (TPSA) is 105 Å². The van der Waals surface area contributed by atoms with Gasteiger partial charge >= 0.3 is 0 Å². The van der Waals surface area contributed by atoms with E-state index in [1.165, 1.54) is 177 Å². The van der Waals surface area contributed by atoms with Crippen molar-refractivity contribution in [3.05, 3.63) is 466 Å². The molecule has 8 aromatic heterocycles. The number of nitrogens with zero attached hydrogens (tertiary/aromatic N) is 9. The molecule has 33 rings (SSSR count). The highest BCUT2D eigenvalue weighted by Gasteiger charge is 2.41. The SMILES string of the molecule is CC1(C)c2ccccc2-c2c(-n3c4cc5ccccc5cc4c4cc5ccccc5cc43)nc(-c3cc4ccccc4c4ccccc34)nc21.c1ccc2cc3c(cc2c1)c1c2ccccc2ccc1n3-c1nc(-c2ccc3ccc4ccccc4c3c2)nc2oc3ccccc3c12.c1ccc2cc3c(cc2c1)c1c2ccccc2ccc1n3-c1nc(-c2ccc3ccc4ccccc4c3c2)nc2sc3ccccc3c12. The molecule has 0 amide bonds. The largest absolute Gasteiger partial charge is 0.437 e. The van der Waals surface area contributed by atoms with E-state index < -0.39 is 0 Å². The van der Waals surface area contributed by atoms with Crippen LogP contribution in [0.1, 0.15) is 25.1 Å². The maximum absolute atomic E-state index is 6.51. The molecule has 1 aliphatic carbocycles. The van der Waals surface area contributed by atoms with Gasteiger partial charge in [0.1, 0.15) is 16.2 Å². The van der Waals surface area contributed by atoms with Crippen molar-refractivity contribution in [2.75, 3.05) is 0 Å². The summed E-state index contributed by atoms with van der Waals surface area (Å²) >= 11 is 1.74. The number of aromatic nitrogens is 9. The molecule has 0 saturated heterocycles. The first-order valence-corrected chi connectivity index (χ1v) is 50.6. The summed E-state index contributed by atoms with van der Waals surface area (Å²) in [6.45, 7) is 4.62. The molecule has 1 aliphatic rings. The molecule has 678 valence electrons. The molecule has 0 unspecified atom stereocenters. The summed E-state index contributed by atoms with van der Waals surface area (Å²) in [5.74, 6) is 4.75. The minimum Gasteiger partial charge on any atom is -0.437 e. The van der Waals surface area contributed by atoms with Gasteiger partial charge in [-0.3, -0.25) is 13.7 Å². The second-order valence-corrected chi connectivity index (χ2v) is 40.5. The minimum absolute atomic E-state index is 0.316. The van der Waals surface area contributed by atoms with E-state index in [2.05, 4.69) is 470 Å². The Hall–Kier alpha value is -18.9. The predicted octanol–water partition coefficient (Wildman–Crippen LogP) is 36.1. The van der Waals surface area contributed by atoms with Gasteiger partial charge in [0, 0.05) is 75.5 Å². The Balaban J connectivity index is 0.0000000995. The Bertz CT molecular complexity index is 10800. The number of thiophene rings is 1. The molecule has 0 fully saturated rings. The zero-order valence-electron chi connectivity index (χ0n) is 79.1. The first-order chi connectivity index (χ1) is 72.1. The summed E-state index contributed by atoms with van der Waals surface area (Å²) in [6.07, 6.45) is 0. The lowest BCUT2D eigenvalue weighted by Gasteiger charge is -2.22. The summed E-state index contributed by atoms with van der Waals surface area (Å²) in [7, 11) is 0. The Morgan fingerprint density at radius 1 is 0.219 bits per heavy atom. The van der Waals surface area contributed by atoms with Gasteiger partial charge < -0.3 is 4.42 Å². The lowest BCUT2D eigenvalue weighted by molar-refractivity contribution is 0.635. The Morgan fingerprint density at radius 2 is 0.582 bits per heavy atom. The maximum atomic E-state index is 6.51. The summed E-state index contributed by atoms with van der Waals surface area (Å²) in [4.78, 5) is 33.7. The van der Waals surface area contributed by atoms with Gasteiger partial charge in [-0.1, -0.05) is 378 Å². The minimum atomic E-state index is -0.316. The van der Waals surface area contributed by atoms with Gasteiger partial charge in [0.2, 0.25) is 5.71 Å². The van der Waals surface area contributed by atoms with Gasteiger partial charge in [0.05, 0.1) is 49.6 Å². The van der Waals surface area contributed by atoms with Crippen LogP contribution in [0, 0.1) is 0 Å². The fourth-order valence-corrected chi connectivity index (χ4v) is 25.2. The fourth-order valence-electron chi connectivity index (χ4n) is 24.1. The first-order valence-electron chi connectivity index (χ1n) is 49.8. The van der Waals surface area contributed by atoms with Crippen LogP contribution in [-0.4, -0.2) is 43.6 Å². The standard InChI is InChI=1S/C47H31N3.C44H25N3O.C44H25N3S/c1-47(2)40-22-12-11-21-36(40)43-44(47)48-45(39-25-32-17-7-8-18-33(32)34-19-9-10-20-35(34)39)49-46(43)50-41-26-30-15-5-3-13-28(30)23-37(41)38-24-29-14-4-6-16-31(29)27-42(38)50;2*1-2-12-30-25-38-36(23-29(30)11-1)40-33-14-6-4-10-27(33)21-22-37(40)47(38)43-41-34-15-7-8-16-39(34)48-44(41)46-42(45-43)31-20-19-28-18-17-26-9-3-5-13-32(26)35(28)24-31/h3-27H,1-2H3;2*1-25H. The van der Waals surface area contributed by atoms with E-state index in [0.717, 1.165) is 122 Å². The molecule has 0 aliphatic heterocycles. The molecule has 0 spiro atoms. The highest BCUT2D eigenvalue weighted by atomic mass is 32.1. The number of para-hydroxylation sites is 1. The maximum Gasteiger partial charge on any atom is 0.233 e. The molecule has 32 aromatic rings. The number of furan rings is 1. The van der Waals surface area contributed by atoms with Crippen molar-refractivity contribution in [3.63, 3.8) is 0 Å². The Morgan fingerprint density at radius 3 is 1.11 bits per heavy atom. The van der Waals surface area contributed by atoms with Gasteiger partial charge in [0.25, 0.3) is 0 Å². The van der Waals surface area contributed by atoms with Crippen molar-refractivity contribution in [2.45, 2.75) is 19.3 Å². The Labute approximate surface area is 838 Å². The monoisotopic (exact) mass is 1880 g/mol. The van der Waals surface area contributed by atoms with Crippen molar-refractivity contribution < 1.29 is 4.42 Å². The number of hydrogen-bond acceptors (Lipinski definition) is 8. The molecular weight excluding hydrogens is 1800 g/mol. The molecule has 0 radical (unpaired) electrons. The van der Waals surface area contributed by atoms with Crippen molar-refractivity contribution in [3.8, 4) is 62.7 Å².